The second-order valence-corrected chi connectivity index (χ2v) is 30.4. The Morgan fingerprint density at radius 2 is 0.844 bits per heavy atom. The Balaban J connectivity index is 0.000000115. The Morgan fingerprint density at radius 3 is 1.31 bits per heavy atom. The third-order valence-electron chi connectivity index (χ3n) is 20.5. The number of pyridine rings is 2. The zero-order valence-corrected chi connectivity index (χ0v) is 69.4. The van der Waals surface area contributed by atoms with E-state index in [2.05, 4.69) is 96.6 Å². The average Bonchev–Trinajstić information content (AvgIpc) is 1.60. The Kier molecular flexibility index (Phi) is 26.5. The molecule has 21 rings (SSSR count). The van der Waals surface area contributed by atoms with Crippen LogP contribution in [0.2, 0.25) is 0 Å². The number of aromatic nitrogens is 17. The standard InChI is InChI=1S/C21H19FN6O.C19H17FN6.C13H12BrFN2.C13H13FN2.C13H9FN2.C8H6BrFO.C5H6N2/c1-13(29)23-17-12-28-19(24-17)10-9-16(26-28)21-20(14-5-7-15(22)8-6-14)25-18-4-2-3-11-27(18)21;20-13-6-4-12(5-7-13)18-19(25-10-2-1-3-16(25)23-18)14-8-9-17-22-15(21)11-26(17)24-14;14-13-12(9-4-6-10(15)7-5-9)16-11-3-1-2-8-17(11)13;2*14-11-6-4-10(5-7-11)12-9-16-8-2-1-3-13(16)15-12;9-5-8(11)6-1-3-7(10)4-2-6;6-5-3-1-2-4-7-5/h5-10,12H,2-4,11H2,1H3,(H,23,29);4-9,11H,1-3,10,21H2;4-7H,1-3,8H2;4-7,9H,1-3,8H2;1-9H;1-4H,5H2;1-4H,(H2,6,7). The number of ketones is 1. The molecule has 15 heterocycles. The summed E-state index contributed by atoms with van der Waals surface area (Å²) < 4.78 is 92.8. The molecule has 0 radical (unpaired) electrons. The van der Waals surface area contributed by atoms with Crippen LogP contribution in [-0.2, 0) is 56.7 Å². The van der Waals surface area contributed by atoms with Crippen LogP contribution in [-0.4, -0.2) is 98.8 Å². The molecule has 4 aliphatic heterocycles. The summed E-state index contributed by atoms with van der Waals surface area (Å²) in [5.41, 5.74) is 26.2. The Hall–Kier alpha value is -13.5. The number of carbonyl (C=O) groups is 2. The summed E-state index contributed by atoms with van der Waals surface area (Å²) in [4.78, 5) is 58.0. The van der Waals surface area contributed by atoms with Gasteiger partial charge in [-0.2, -0.15) is 10.2 Å². The predicted octanol–water partition coefficient (Wildman–Crippen LogP) is 20.0. The van der Waals surface area contributed by atoms with Gasteiger partial charge in [-0.05, 0) is 261 Å². The summed E-state index contributed by atoms with van der Waals surface area (Å²) in [6.45, 7) is 5.30. The number of Topliss-reactive ketones (excluding diaryl/α,β-unsaturated/α-hetero) is 1. The summed E-state index contributed by atoms with van der Waals surface area (Å²) >= 11 is 6.63. The molecule has 0 spiro atoms. The van der Waals surface area contributed by atoms with Crippen LogP contribution in [0.1, 0.15) is 91.9 Å². The van der Waals surface area contributed by atoms with Crippen LogP contribution in [0.4, 0.5) is 43.8 Å². The van der Waals surface area contributed by atoms with Crippen molar-refractivity contribution in [1.82, 2.24) is 81.8 Å². The highest BCUT2D eigenvalue weighted by Crippen LogP contribution is 2.38. The van der Waals surface area contributed by atoms with E-state index < -0.39 is 0 Å². The van der Waals surface area contributed by atoms with Crippen molar-refractivity contribution in [2.75, 3.05) is 22.1 Å². The first-order valence-electron chi connectivity index (χ1n) is 39.8. The van der Waals surface area contributed by atoms with Gasteiger partial charge in [0.15, 0.2) is 22.9 Å². The van der Waals surface area contributed by atoms with Crippen LogP contribution in [0.15, 0.2) is 248 Å². The summed E-state index contributed by atoms with van der Waals surface area (Å²) in [7, 11) is 0. The van der Waals surface area contributed by atoms with E-state index in [-0.39, 0.29) is 51.9 Å². The van der Waals surface area contributed by atoms with Gasteiger partial charge in [0.2, 0.25) is 5.91 Å². The number of nitrogens with zero attached hydrogens (tertiary/aromatic N) is 17. The number of halogens is 8. The van der Waals surface area contributed by atoms with Crippen LogP contribution in [0.5, 0.6) is 0 Å². The number of hydrogen-bond acceptors (Lipinski definition) is 14. The Morgan fingerprint density at radius 1 is 0.402 bits per heavy atom. The highest BCUT2D eigenvalue weighted by atomic mass is 79.9. The number of amides is 1. The molecule has 0 bridgehead atoms. The average molecular weight is 1770 g/mol. The fourth-order valence-electron chi connectivity index (χ4n) is 14.6. The molecule has 122 heavy (non-hydrogen) atoms. The number of benzene rings is 6. The molecular formula is C92H82Br2F6N20O2. The van der Waals surface area contributed by atoms with Crippen molar-refractivity contribution in [2.24, 2.45) is 0 Å². The third kappa shape index (κ3) is 20.3. The number of anilines is 3. The van der Waals surface area contributed by atoms with Crippen molar-refractivity contribution in [3.63, 3.8) is 0 Å². The summed E-state index contributed by atoms with van der Waals surface area (Å²) in [5.74, 6) is 4.10. The number of nitrogens with two attached hydrogens (primary N) is 2. The smallest absolute Gasteiger partial charge is 0.222 e. The lowest BCUT2D eigenvalue weighted by atomic mass is 10.1. The van der Waals surface area contributed by atoms with Gasteiger partial charge in [0.05, 0.1) is 51.9 Å². The molecule has 4 aliphatic rings. The number of nitrogens with one attached hydrogen (secondary N) is 1. The van der Waals surface area contributed by atoms with Crippen LogP contribution < -0.4 is 16.8 Å². The van der Waals surface area contributed by atoms with Crippen LogP contribution in [0, 0.1) is 34.9 Å². The van der Waals surface area contributed by atoms with E-state index in [4.69, 9.17) is 26.5 Å². The third-order valence-corrected chi connectivity index (χ3v) is 21.8. The van der Waals surface area contributed by atoms with Gasteiger partial charge in [0.25, 0.3) is 0 Å². The highest BCUT2D eigenvalue weighted by molar-refractivity contribution is 9.10. The largest absolute Gasteiger partial charge is 0.384 e. The minimum atomic E-state index is -0.323. The number of imidazole rings is 7. The SMILES string of the molecule is CC(=O)Nc1cn2nc(-c3c(-c4ccc(F)cc4)nc4n3CCCC4)ccc2n1.Fc1ccc(-c2cn3c(n2)CCCC3)cc1.Fc1ccc(-c2cn3ccccc3n2)cc1.Fc1ccc(-c2nc3n(c2Br)CCCC3)cc1.Nc1ccccn1.Nc1cn2nc(-c3c(-c4ccc(F)cc4)nc4n3CCCC4)ccc2n1.O=C(CBr)c1ccc(F)cc1. The normalized spacial score (nSPS) is 12.9. The van der Waals surface area contributed by atoms with Crippen molar-refractivity contribution in [3.05, 3.63) is 312 Å². The van der Waals surface area contributed by atoms with E-state index in [0.717, 1.165) is 190 Å². The van der Waals surface area contributed by atoms with Gasteiger partial charge in [-0.1, -0.05) is 28.1 Å². The van der Waals surface area contributed by atoms with Crippen LogP contribution >= 0.6 is 31.9 Å². The Bertz CT molecular complexity index is 6410. The molecule has 0 aliphatic carbocycles. The monoisotopic (exact) mass is 1770 g/mol. The Labute approximate surface area is 714 Å². The molecule has 0 fully saturated rings. The number of carbonyl (C=O) groups excluding carboxylic acids is 2. The second-order valence-electron chi connectivity index (χ2n) is 29.1. The summed E-state index contributed by atoms with van der Waals surface area (Å²) in [6, 6.07) is 56.6. The molecule has 30 heteroatoms. The number of fused-ring (bicyclic) bond motifs is 7. The molecule has 22 nitrogen and oxygen atoms in total. The first-order chi connectivity index (χ1) is 59.3. The molecule has 5 N–H and O–H groups in total. The van der Waals surface area contributed by atoms with Crippen molar-refractivity contribution < 1.29 is 35.9 Å². The van der Waals surface area contributed by atoms with E-state index in [1.54, 1.807) is 94.4 Å². The summed E-state index contributed by atoms with van der Waals surface area (Å²) in [6.07, 6.45) is 24.2. The van der Waals surface area contributed by atoms with Crippen LogP contribution in [0.25, 0.3) is 96.0 Å². The molecule has 0 unspecified atom stereocenters. The lowest BCUT2D eigenvalue weighted by Crippen LogP contribution is -2.12. The van der Waals surface area contributed by atoms with E-state index >= 15 is 0 Å². The lowest BCUT2D eigenvalue weighted by Gasteiger charge is -2.16. The minimum Gasteiger partial charge on any atom is -0.384 e. The topological polar surface area (TPSA) is 260 Å². The van der Waals surface area contributed by atoms with Crippen molar-refractivity contribution >= 4 is 77.9 Å². The van der Waals surface area contributed by atoms with Crippen molar-refractivity contribution in [2.45, 2.75) is 110 Å². The van der Waals surface area contributed by atoms with Crippen molar-refractivity contribution in [1.29, 1.82) is 0 Å². The molecule has 0 atom stereocenters. The fraction of sp³-hybridized carbons (Fsp3) is 0.196. The maximum Gasteiger partial charge on any atom is 0.222 e. The zero-order chi connectivity index (χ0) is 84.8. The predicted molar refractivity (Wildman–Crippen MR) is 466 cm³/mol. The van der Waals surface area contributed by atoms with E-state index in [1.165, 1.54) is 118 Å². The van der Waals surface area contributed by atoms with Crippen LogP contribution in [0.3, 0.4) is 0 Å². The number of nitrogen functional groups attached to an aromatic ring is 2. The molecule has 1 amide bonds. The first-order valence-corrected chi connectivity index (χ1v) is 41.7. The van der Waals surface area contributed by atoms with Gasteiger partial charge in [-0.15, -0.1) is 0 Å². The maximum atomic E-state index is 13.4. The molecule has 618 valence electrons. The van der Waals surface area contributed by atoms with Gasteiger partial charge in [0.1, 0.15) is 97.2 Å². The lowest BCUT2D eigenvalue weighted by molar-refractivity contribution is -0.114. The fourth-order valence-corrected chi connectivity index (χ4v) is 15.6. The highest BCUT2D eigenvalue weighted by Gasteiger charge is 2.27. The quantitative estimate of drug-likeness (QED) is 0.0654. The first kappa shape index (κ1) is 83.6. The van der Waals surface area contributed by atoms with Gasteiger partial charge >= 0.3 is 0 Å². The zero-order valence-electron chi connectivity index (χ0n) is 66.2. The van der Waals surface area contributed by atoms with E-state index in [9.17, 15) is 35.9 Å². The van der Waals surface area contributed by atoms with E-state index in [0.29, 0.717) is 34.3 Å². The maximum absolute atomic E-state index is 13.4. The second kappa shape index (κ2) is 38.7. The molecule has 0 saturated carbocycles. The molecule has 6 aromatic carbocycles. The number of hydrogen-bond donors (Lipinski definition) is 3. The minimum absolute atomic E-state index is 0.0370. The van der Waals surface area contributed by atoms with Gasteiger partial charge in [0, 0.05) is 117 Å². The van der Waals surface area contributed by atoms with E-state index in [1.807, 2.05) is 71.4 Å². The molecule has 11 aromatic heterocycles. The molecule has 17 aromatic rings. The van der Waals surface area contributed by atoms with Gasteiger partial charge in [-0.25, -0.2) is 75.2 Å². The number of alkyl halides is 1. The molecule has 0 saturated heterocycles. The van der Waals surface area contributed by atoms with Crippen molar-refractivity contribution in [3.8, 4) is 79.1 Å². The number of aryl methyl sites for hydroxylation is 5. The summed E-state index contributed by atoms with van der Waals surface area (Å²) in [5, 5.41) is 12.4. The van der Waals surface area contributed by atoms with Gasteiger partial charge < -0.3 is 39.5 Å². The number of rotatable bonds is 10. The van der Waals surface area contributed by atoms with Gasteiger partial charge in [-0.3, -0.25) is 9.59 Å². The molecular weight excluding hydrogens is 1690 g/mol.